The summed E-state index contributed by atoms with van der Waals surface area (Å²) >= 11 is 0. The number of hydrogen-bond acceptors (Lipinski definition) is 4. The molecule has 0 aliphatic heterocycles. The van der Waals surface area contributed by atoms with Gasteiger partial charge in [-0.05, 0) is 60.9 Å². The molecule has 204 valence electrons. The molecule has 0 unspecified atom stereocenters. The van der Waals surface area contributed by atoms with Crippen LogP contribution in [0.4, 0.5) is 26.3 Å². The fourth-order valence-corrected chi connectivity index (χ4v) is 5.70. The van der Waals surface area contributed by atoms with Crippen LogP contribution in [0.2, 0.25) is 0 Å². The van der Waals surface area contributed by atoms with E-state index in [4.69, 9.17) is 9.47 Å². The summed E-state index contributed by atoms with van der Waals surface area (Å²) in [4.78, 5) is 12.6. The van der Waals surface area contributed by atoms with Crippen LogP contribution >= 0.6 is 0 Å². The molecular formula is C27H31F6NO3. The molecule has 2 aliphatic rings. The fraction of sp³-hybridized carbons (Fsp3) is 0.593. The molecule has 2 fully saturated rings. The van der Waals surface area contributed by atoms with Crippen molar-refractivity contribution in [1.82, 2.24) is 5.32 Å². The van der Waals surface area contributed by atoms with Crippen molar-refractivity contribution in [3.05, 3.63) is 41.5 Å². The van der Waals surface area contributed by atoms with Crippen molar-refractivity contribution >= 4 is 16.7 Å². The molecule has 0 atom stereocenters. The Labute approximate surface area is 211 Å². The van der Waals surface area contributed by atoms with Crippen LogP contribution in [0.25, 0.3) is 10.8 Å². The zero-order valence-electron chi connectivity index (χ0n) is 20.6. The van der Waals surface area contributed by atoms with Gasteiger partial charge in [-0.2, -0.15) is 26.3 Å². The molecule has 10 heteroatoms. The first-order valence-corrected chi connectivity index (χ1v) is 12.6. The second-order valence-corrected chi connectivity index (χ2v) is 10.1. The lowest BCUT2D eigenvalue weighted by atomic mass is 9.81. The third kappa shape index (κ3) is 5.99. The highest BCUT2D eigenvalue weighted by molar-refractivity contribution is 5.91. The highest BCUT2D eigenvalue weighted by Crippen LogP contribution is 2.44. The van der Waals surface area contributed by atoms with Gasteiger partial charge in [-0.15, -0.1) is 0 Å². The van der Waals surface area contributed by atoms with Crippen molar-refractivity contribution in [2.75, 3.05) is 7.11 Å². The van der Waals surface area contributed by atoms with Crippen LogP contribution in [0, 0.1) is 5.92 Å². The van der Waals surface area contributed by atoms with E-state index in [0.717, 1.165) is 19.3 Å². The lowest BCUT2D eigenvalue weighted by molar-refractivity contribution is -0.185. The molecular weight excluding hydrogens is 500 g/mol. The Kier molecular flexibility index (Phi) is 7.97. The van der Waals surface area contributed by atoms with Crippen LogP contribution in [0.3, 0.4) is 0 Å². The van der Waals surface area contributed by atoms with E-state index < -0.39 is 35.5 Å². The zero-order chi connectivity index (χ0) is 26.8. The van der Waals surface area contributed by atoms with Crippen molar-refractivity contribution < 1.29 is 40.6 Å². The van der Waals surface area contributed by atoms with Crippen LogP contribution in [0.1, 0.15) is 68.9 Å². The van der Waals surface area contributed by atoms with Gasteiger partial charge in [-0.25, -0.2) is 0 Å². The number of alkyl halides is 6. The lowest BCUT2D eigenvalue weighted by Crippen LogP contribution is -2.53. The molecule has 4 rings (SSSR count). The Morgan fingerprint density at radius 1 is 0.946 bits per heavy atom. The predicted octanol–water partition coefficient (Wildman–Crippen LogP) is 7.32. The molecule has 0 saturated heterocycles. The van der Waals surface area contributed by atoms with Crippen LogP contribution in [-0.4, -0.2) is 30.9 Å². The first kappa shape index (κ1) is 27.5. The van der Waals surface area contributed by atoms with Crippen molar-refractivity contribution in [3.63, 3.8) is 0 Å². The van der Waals surface area contributed by atoms with Gasteiger partial charge < -0.3 is 9.47 Å². The third-order valence-electron chi connectivity index (χ3n) is 7.73. The summed E-state index contributed by atoms with van der Waals surface area (Å²) in [5, 5.41) is 3.59. The van der Waals surface area contributed by atoms with Gasteiger partial charge in [0.2, 0.25) is 0 Å². The topological polar surface area (TPSA) is 47.6 Å². The molecule has 2 saturated carbocycles. The molecule has 37 heavy (non-hydrogen) atoms. The van der Waals surface area contributed by atoms with Crippen LogP contribution in [0.15, 0.2) is 30.3 Å². The number of esters is 1. The smallest absolute Gasteiger partial charge is 0.420 e. The van der Waals surface area contributed by atoms with E-state index in [1.807, 2.05) is 0 Å². The maximum absolute atomic E-state index is 14.3. The second kappa shape index (κ2) is 10.7. The van der Waals surface area contributed by atoms with Crippen LogP contribution < -0.4 is 10.1 Å². The van der Waals surface area contributed by atoms with E-state index in [0.29, 0.717) is 23.8 Å². The summed E-state index contributed by atoms with van der Waals surface area (Å²) in [5.41, 5.74) is -1.22. The van der Waals surface area contributed by atoms with Crippen molar-refractivity contribution in [2.24, 2.45) is 5.92 Å². The Bertz CT molecular complexity index is 1100. The first-order valence-electron chi connectivity index (χ1n) is 12.6. The number of nitrogens with one attached hydrogen (secondary N) is 1. The number of carbonyl (C=O) groups excluding carboxylic acids is 1. The zero-order valence-corrected chi connectivity index (χ0v) is 20.6. The highest BCUT2D eigenvalue weighted by Gasteiger charge is 2.43. The minimum Gasteiger partial charge on any atom is -0.490 e. The monoisotopic (exact) mass is 531 g/mol. The lowest BCUT2D eigenvalue weighted by Gasteiger charge is -2.35. The van der Waals surface area contributed by atoms with E-state index in [-0.39, 0.29) is 49.3 Å². The Balaban J connectivity index is 1.60. The SMILES string of the molecule is COC(=O)C1(NCc2cccc3c(C(F)(F)F)c(O[C@H]4CC[C@@H](C(F)(F)F)CC4)ccc23)CCCCC1. The molecule has 0 radical (unpaired) electrons. The first-order chi connectivity index (χ1) is 17.4. The maximum Gasteiger partial charge on any atom is 0.420 e. The number of benzene rings is 2. The minimum absolute atomic E-state index is 0.0408. The molecule has 0 spiro atoms. The van der Waals surface area contributed by atoms with Crippen LogP contribution in [0.5, 0.6) is 5.75 Å². The normalized spacial score (nSPS) is 22.6. The molecule has 0 bridgehead atoms. The third-order valence-corrected chi connectivity index (χ3v) is 7.73. The second-order valence-electron chi connectivity index (χ2n) is 10.1. The van der Waals surface area contributed by atoms with E-state index in [1.165, 1.54) is 25.3 Å². The number of fused-ring (bicyclic) bond motifs is 1. The number of rotatable bonds is 6. The molecule has 0 amide bonds. The van der Waals surface area contributed by atoms with E-state index >= 15 is 0 Å². The summed E-state index contributed by atoms with van der Waals surface area (Å²) in [6, 6.07) is 7.40. The van der Waals surface area contributed by atoms with Gasteiger partial charge in [0.25, 0.3) is 0 Å². The number of carbonyl (C=O) groups is 1. The van der Waals surface area contributed by atoms with Gasteiger partial charge >= 0.3 is 18.3 Å². The molecule has 0 aromatic heterocycles. The number of ether oxygens (including phenoxy) is 2. The number of methoxy groups -OCH3 is 1. The van der Waals surface area contributed by atoms with E-state index in [9.17, 15) is 31.1 Å². The fourth-order valence-electron chi connectivity index (χ4n) is 5.70. The highest BCUT2D eigenvalue weighted by atomic mass is 19.4. The summed E-state index contributed by atoms with van der Waals surface area (Å²) in [6.07, 6.45) is -6.12. The van der Waals surface area contributed by atoms with Crippen molar-refractivity contribution in [2.45, 2.75) is 88.3 Å². The van der Waals surface area contributed by atoms with Crippen molar-refractivity contribution in [1.29, 1.82) is 0 Å². The maximum atomic E-state index is 14.3. The minimum atomic E-state index is -4.74. The average molecular weight is 532 g/mol. The van der Waals surface area contributed by atoms with Gasteiger partial charge in [0.1, 0.15) is 16.9 Å². The van der Waals surface area contributed by atoms with Gasteiger partial charge in [-0.1, -0.05) is 43.5 Å². The largest absolute Gasteiger partial charge is 0.490 e. The predicted molar refractivity (Wildman–Crippen MR) is 126 cm³/mol. The molecule has 2 aliphatic carbocycles. The summed E-state index contributed by atoms with van der Waals surface area (Å²) in [6.45, 7) is 0.172. The molecule has 0 heterocycles. The Hall–Kier alpha value is -2.49. The molecule has 4 nitrogen and oxygen atoms in total. The van der Waals surface area contributed by atoms with Crippen LogP contribution in [-0.2, 0) is 22.3 Å². The van der Waals surface area contributed by atoms with E-state index in [1.54, 1.807) is 12.1 Å². The van der Waals surface area contributed by atoms with E-state index in [2.05, 4.69) is 5.32 Å². The summed E-state index contributed by atoms with van der Waals surface area (Å²) in [7, 11) is 1.32. The number of halogens is 6. The van der Waals surface area contributed by atoms with Crippen molar-refractivity contribution in [3.8, 4) is 5.75 Å². The summed E-state index contributed by atoms with van der Waals surface area (Å²) in [5.74, 6) is -2.20. The molecule has 2 aromatic carbocycles. The standard InChI is InChI=1S/C27H31F6NO3/c1-36-24(35)25(14-3-2-4-15-25)34-16-17-6-5-7-21-20(17)12-13-22(23(21)27(31,32)33)37-19-10-8-18(9-11-19)26(28,29)30/h5-7,12-13,18-19,34H,2-4,8-11,14-16H2,1H3/t18-,19+. The molecule has 1 N–H and O–H groups in total. The number of hydrogen-bond donors (Lipinski definition) is 1. The average Bonchev–Trinajstić information content (AvgIpc) is 2.86. The Morgan fingerprint density at radius 3 is 2.22 bits per heavy atom. The van der Waals surface area contributed by atoms with Gasteiger partial charge in [-0.3, -0.25) is 10.1 Å². The Morgan fingerprint density at radius 2 is 1.62 bits per heavy atom. The van der Waals surface area contributed by atoms with Gasteiger partial charge in [0.05, 0.1) is 19.1 Å². The quantitative estimate of drug-likeness (QED) is 0.313. The van der Waals surface area contributed by atoms with Gasteiger partial charge in [0, 0.05) is 6.54 Å². The summed E-state index contributed by atoms with van der Waals surface area (Å²) < 4.78 is 92.4. The van der Waals surface area contributed by atoms with Gasteiger partial charge in [0.15, 0.2) is 0 Å². The molecule has 2 aromatic rings.